The first-order valence-electron chi connectivity index (χ1n) is 13.3. The number of likely N-dealkylation sites (N-methyl/N-ethyl adjacent to an activating group) is 1. The Kier molecular flexibility index (Phi) is 9.39. The van der Waals surface area contributed by atoms with Crippen LogP contribution >= 0.6 is 57.3 Å². The van der Waals surface area contributed by atoms with Crippen LogP contribution in [-0.2, 0) is 13.0 Å². The standard InChI is InChI=1S/C28H35ClI2N6O/c1-19(2)36(30)15-16-37(31)27-22-12-14-35(25-11-5-8-20-7-4-10-23(29)26(20)25)17-24(22)32-28(33-27)38-18-21-9-6-13-34(21)3/h4-5,7-8,10-11,19,21H,6,9,12-18H2,1-3H3. The number of fused-ring (bicyclic) bond motifs is 2. The van der Waals surface area contributed by atoms with Crippen molar-refractivity contribution in [3.8, 4) is 6.01 Å². The number of benzene rings is 2. The number of halogens is 3. The van der Waals surface area contributed by atoms with Crippen molar-refractivity contribution in [3.05, 3.63) is 52.7 Å². The molecule has 1 unspecified atom stereocenters. The van der Waals surface area contributed by atoms with Gasteiger partial charge in [-0.05, 0) is 64.2 Å². The number of anilines is 2. The van der Waals surface area contributed by atoms with Crippen molar-refractivity contribution in [2.24, 2.45) is 0 Å². The van der Waals surface area contributed by atoms with Gasteiger partial charge in [-0.25, -0.2) is 3.11 Å². The molecule has 0 radical (unpaired) electrons. The van der Waals surface area contributed by atoms with E-state index >= 15 is 0 Å². The second-order valence-electron chi connectivity index (χ2n) is 10.4. The van der Waals surface area contributed by atoms with Crippen LogP contribution < -0.4 is 12.8 Å². The summed E-state index contributed by atoms with van der Waals surface area (Å²) in [4.78, 5) is 14.7. The van der Waals surface area contributed by atoms with E-state index in [4.69, 9.17) is 26.3 Å². The number of rotatable bonds is 9. The Balaban J connectivity index is 1.45. The molecule has 0 spiro atoms. The minimum Gasteiger partial charge on any atom is -0.462 e. The molecular formula is C28H35ClI2N6O. The largest absolute Gasteiger partial charge is 0.462 e. The summed E-state index contributed by atoms with van der Waals surface area (Å²) in [7, 11) is 2.17. The minimum atomic E-state index is 0.418. The van der Waals surface area contributed by atoms with Crippen molar-refractivity contribution in [3.63, 3.8) is 0 Å². The van der Waals surface area contributed by atoms with E-state index in [1.807, 2.05) is 12.1 Å². The van der Waals surface area contributed by atoms with Crippen LogP contribution in [0.3, 0.4) is 0 Å². The third-order valence-corrected chi connectivity index (χ3v) is 10.4. The lowest BCUT2D eigenvalue weighted by molar-refractivity contribution is 0.187. The van der Waals surface area contributed by atoms with Gasteiger partial charge in [-0.1, -0.05) is 35.9 Å². The summed E-state index contributed by atoms with van der Waals surface area (Å²) < 4.78 is 10.8. The minimum absolute atomic E-state index is 0.418. The molecule has 0 amide bonds. The van der Waals surface area contributed by atoms with Crippen molar-refractivity contribution in [1.82, 2.24) is 18.0 Å². The number of likely N-dealkylation sites (tertiary alicyclic amines) is 1. The summed E-state index contributed by atoms with van der Waals surface area (Å²) >= 11 is 11.5. The van der Waals surface area contributed by atoms with Gasteiger partial charge in [-0.2, -0.15) is 9.97 Å². The highest BCUT2D eigenvalue weighted by Crippen LogP contribution is 2.37. The number of hydrogen-bond acceptors (Lipinski definition) is 7. The quantitative estimate of drug-likeness (QED) is 0.182. The van der Waals surface area contributed by atoms with Crippen LogP contribution in [0.2, 0.25) is 5.02 Å². The second-order valence-corrected chi connectivity index (χ2v) is 13.2. The third kappa shape index (κ3) is 6.26. The normalized spacial score (nSPS) is 18.0. The van der Waals surface area contributed by atoms with Gasteiger partial charge in [0.15, 0.2) is 0 Å². The molecule has 2 aliphatic heterocycles. The zero-order valence-electron chi connectivity index (χ0n) is 22.2. The Morgan fingerprint density at radius 3 is 2.63 bits per heavy atom. The molecule has 2 aromatic carbocycles. The first kappa shape index (κ1) is 28.4. The molecule has 204 valence electrons. The van der Waals surface area contributed by atoms with Gasteiger partial charge < -0.3 is 14.5 Å². The van der Waals surface area contributed by atoms with E-state index < -0.39 is 0 Å². The summed E-state index contributed by atoms with van der Waals surface area (Å²) in [5.74, 6) is 0.981. The number of nitrogens with zero attached hydrogens (tertiary/aromatic N) is 6. The van der Waals surface area contributed by atoms with E-state index in [2.05, 4.69) is 107 Å². The van der Waals surface area contributed by atoms with E-state index in [0.717, 1.165) is 72.0 Å². The zero-order chi connectivity index (χ0) is 26.8. The highest BCUT2D eigenvalue weighted by molar-refractivity contribution is 14.1. The Bertz CT molecular complexity index is 1270. The van der Waals surface area contributed by atoms with E-state index in [0.29, 0.717) is 31.2 Å². The molecule has 2 aliphatic rings. The lowest BCUT2D eigenvalue weighted by atomic mass is 10.0. The van der Waals surface area contributed by atoms with Gasteiger partial charge in [0, 0.05) is 71.2 Å². The number of hydrogen-bond donors (Lipinski definition) is 0. The lowest BCUT2D eigenvalue weighted by Gasteiger charge is -2.33. The lowest BCUT2D eigenvalue weighted by Crippen LogP contribution is -2.34. The van der Waals surface area contributed by atoms with Crippen LogP contribution in [0.1, 0.15) is 37.9 Å². The molecule has 0 saturated carbocycles. The summed E-state index contributed by atoms with van der Waals surface area (Å²) in [6, 6.07) is 13.9. The molecule has 38 heavy (non-hydrogen) atoms. The third-order valence-electron chi connectivity index (χ3n) is 7.57. The van der Waals surface area contributed by atoms with Crippen molar-refractivity contribution >= 4 is 79.6 Å². The van der Waals surface area contributed by atoms with Crippen LogP contribution in [0.25, 0.3) is 10.8 Å². The van der Waals surface area contributed by atoms with Crippen LogP contribution in [0.15, 0.2) is 36.4 Å². The molecule has 3 heterocycles. The van der Waals surface area contributed by atoms with Gasteiger partial charge in [-0.15, -0.1) is 0 Å². The second kappa shape index (κ2) is 12.6. The average Bonchev–Trinajstić information content (AvgIpc) is 3.33. The van der Waals surface area contributed by atoms with Gasteiger partial charge in [-0.3, -0.25) is 3.11 Å². The van der Waals surface area contributed by atoms with Crippen LogP contribution in [0.5, 0.6) is 6.01 Å². The first-order chi connectivity index (χ1) is 18.3. The predicted octanol–water partition coefficient (Wildman–Crippen LogP) is 6.54. The Morgan fingerprint density at radius 1 is 1.11 bits per heavy atom. The molecule has 0 aliphatic carbocycles. The first-order valence-corrected chi connectivity index (χ1v) is 15.6. The maximum Gasteiger partial charge on any atom is 0.318 e. The summed E-state index contributed by atoms with van der Waals surface area (Å²) in [6.07, 6.45) is 3.24. The van der Waals surface area contributed by atoms with E-state index in [1.165, 1.54) is 12.0 Å². The van der Waals surface area contributed by atoms with Crippen molar-refractivity contribution in [2.75, 3.05) is 47.8 Å². The summed E-state index contributed by atoms with van der Waals surface area (Å²) in [6.45, 7) is 9.58. The molecule has 5 rings (SSSR count). The Labute approximate surface area is 258 Å². The van der Waals surface area contributed by atoms with Crippen molar-refractivity contribution in [2.45, 2.75) is 51.7 Å². The molecule has 7 nitrogen and oxygen atoms in total. The molecule has 1 fully saturated rings. The van der Waals surface area contributed by atoms with Gasteiger partial charge in [0.05, 0.1) is 40.1 Å². The predicted molar refractivity (Wildman–Crippen MR) is 174 cm³/mol. The molecule has 0 N–H and O–H groups in total. The Morgan fingerprint density at radius 2 is 1.89 bits per heavy atom. The van der Waals surface area contributed by atoms with E-state index in [-0.39, 0.29) is 0 Å². The molecular weight excluding hydrogens is 726 g/mol. The SMILES string of the molecule is CC(C)N(I)CCN(I)c1nc(OCC2CCCN2C)nc2c1CCN(c1cccc3cccc(Cl)c13)C2. The van der Waals surface area contributed by atoms with Gasteiger partial charge in [0.2, 0.25) is 0 Å². The van der Waals surface area contributed by atoms with Crippen molar-refractivity contribution in [1.29, 1.82) is 0 Å². The highest BCUT2D eigenvalue weighted by Gasteiger charge is 2.28. The topological polar surface area (TPSA) is 48.0 Å². The van der Waals surface area contributed by atoms with Crippen molar-refractivity contribution < 1.29 is 4.74 Å². The van der Waals surface area contributed by atoms with Crippen LogP contribution in [0.4, 0.5) is 11.5 Å². The van der Waals surface area contributed by atoms with E-state index in [1.54, 1.807) is 0 Å². The van der Waals surface area contributed by atoms with Gasteiger partial charge in [0.25, 0.3) is 0 Å². The zero-order valence-corrected chi connectivity index (χ0v) is 27.3. The summed E-state index contributed by atoms with van der Waals surface area (Å²) in [5.41, 5.74) is 3.41. The monoisotopic (exact) mass is 760 g/mol. The highest BCUT2D eigenvalue weighted by atomic mass is 127. The Hall–Kier alpha value is -1.15. The maximum absolute atomic E-state index is 6.68. The fraction of sp³-hybridized carbons (Fsp3) is 0.500. The molecule has 10 heteroatoms. The fourth-order valence-electron chi connectivity index (χ4n) is 5.31. The molecule has 3 aromatic rings. The van der Waals surface area contributed by atoms with Gasteiger partial charge in [0.1, 0.15) is 12.4 Å². The maximum atomic E-state index is 6.68. The molecule has 1 saturated heterocycles. The van der Waals surface area contributed by atoms with E-state index in [9.17, 15) is 0 Å². The molecule has 1 atom stereocenters. The average molecular weight is 761 g/mol. The fourth-order valence-corrected chi connectivity index (χ4v) is 6.42. The summed E-state index contributed by atoms with van der Waals surface area (Å²) in [5, 5.41) is 3.03. The van der Waals surface area contributed by atoms with Crippen LogP contribution in [-0.4, -0.2) is 69.9 Å². The number of aromatic nitrogens is 2. The smallest absolute Gasteiger partial charge is 0.318 e. The molecule has 1 aromatic heterocycles. The van der Waals surface area contributed by atoms with Gasteiger partial charge >= 0.3 is 6.01 Å². The van der Waals surface area contributed by atoms with Crippen LogP contribution in [0, 0.1) is 0 Å². The number of ether oxygens (including phenoxy) is 1. The molecule has 0 bridgehead atoms.